The molecule has 0 atom stereocenters. The second-order valence-electron chi connectivity index (χ2n) is 11.5. The monoisotopic (exact) mass is 479 g/mol. The van der Waals surface area contributed by atoms with E-state index in [0.717, 1.165) is 32.4 Å². The van der Waals surface area contributed by atoms with Gasteiger partial charge in [0, 0.05) is 21.4 Å². The van der Waals surface area contributed by atoms with E-state index in [9.17, 15) is 0 Å². The molecule has 35 heavy (non-hydrogen) atoms. The van der Waals surface area contributed by atoms with Crippen LogP contribution in [-0.4, -0.2) is 4.34 Å². The summed E-state index contributed by atoms with van der Waals surface area (Å²) in [4.78, 5) is 0. The van der Waals surface area contributed by atoms with Crippen molar-refractivity contribution in [2.24, 2.45) is 0 Å². The van der Waals surface area contributed by atoms with E-state index in [1.807, 2.05) is 60.7 Å². The van der Waals surface area contributed by atoms with E-state index in [4.69, 9.17) is 0 Å². The van der Waals surface area contributed by atoms with Crippen LogP contribution in [0, 0.1) is 0 Å². The molecule has 2 nitrogen and oxygen atoms in total. The molecule has 4 aromatic carbocycles. The van der Waals surface area contributed by atoms with E-state index in [2.05, 4.69) is 82.3 Å². The lowest BCUT2D eigenvalue weighted by Crippen LogP contribution is -2.21. The Kier molecular flexibility index (Phi) is 5.57. The Bertz CT molecular complexity index is 1450. The Labute approximate surface area is 209 Å². The summed E-state index contributed by atoms with van der Waals surface area (Å²) in [5.41, 5.74) is 4.61. The standard InChI is InChI=1S/C32H34NOP/c1-31(2,3)23-17-19-29-27(21-23)28-22-24(32(4,5)6)18-20-30(28)33(29)35(34,25-13-9-7-10-14-25)26-15-11-8-12-16-26/h7-22H,1-6H3. The van der Waals surface area contributed by atoms with Crippen LogP contribution in [0.5, 0.6) is 0 Å². The molecule has 0 fully saturated rings. The first-order valence-corrected chi connectivity index (χ1v) is 14.0. The van der Waals surface area contributed by atoms with Crippen LogP contribution in [0.2, 0.25) is 0 Å². The van der Waals surface area contributed by atoms with Gasteiger partial charge in [-0.05, 0) is 70.5 Å². The predicted molar refractivity (Wildman–Crippen MR) is 152 cm³/mol. The molecule has 0 aliphatic carbocycles. The summed E-state index contributed by atoms with van der Waals surface area (Å²) < 4.78 is 17.6. The average molecular weight is 480 g/mol. The van der Waals surface area contributed by atoms with Crippen LogP contribution in [0.4, 0.5) is 0 Å². The highest BCUT2D eigenvalue weighted by Crippen LogP contribution is 2.51. The van der Waals surface area contributed by atoms with Gasteiger partial charge in [0.15, 0.2) is 0 Å². The molecule has 3 heteroatoms. The first-order chi connectivity index (χ1) is 16.5. The molecule has 0 unspecified atom stereocenters. The number of hydrogen-bond acceptors (Lipinski definition) is 1. The second-order valence-corrected chi connectivity index (χ2v) is 14.1. The molecule has 0 amide bonds. The largest absolute Gasteiger partial charge is 0.290 e. The molecule has 178 valence electrons. The molecule has 5 aromatic rings. The Morgan fingerprint density at radius 2 is 0.914 bits per heavy atom. The SMILES string of the molecule is CC(C)(C)c1ccc2c(c1)c1cc(C(C)(C)C)ccc1n2P(=O)(c1ccccc1)c1ccccc1. The van der Waals surface area contributed by atoms with Crippen LogP contribution in [0.15, 0.2) is 97.1 Å². The van der Waals surface area contributed by atoms with Gasteiger partial charge < -0.3 is 0 Å². The molecule has 5 rings (SSSR count). The highest BCUT2D eigenvalue weighted by molar-refractivity contribution is 7.77. The van der Waals surface area contributed by atoms with Crippen molar-refractivity contribution in [3.05, 3.63) is 108 Å². The van der Waals surface area contributed by atoms with Crippen molar-refractivity contribution in [1.29, 1.82) is 0 Å². The minimum absolute atomic E-state index is 0.0206. The minimum Gasteiger partial charge on any atom is -0.290 e. The van der Waals surface area contributed by atoms with E-state index in [1.165, 1.54) is 11.1 Å². The molecule has 0 spiro atoms. The molecule has 1 heterocycles. The second kappa shape index (κ2) is 8.25. The van der Waals surface area contributed by atoms with Crippen LogP contribution in [0.1, 0.15) is 52.7 Å². The van der Waals surface area contributed by atoms with Crippen molar-refractivity contribution < 1.29 is 4.57 Å². The topological polar surface area (TPSA) is 22.0 Å². The van der Waals surface area contributed by atoms with E-state index in [-0.39, 0.29) is 10.8 Å². The zero-order chi connectivity index (χ0) is 25.0. The minimum atomic E-state index is -3.21. The quantitative estimate of drug-likeness (QED) is 0.239. The fourth-order valence-corrected chi connectivity index (χ4v) is 7.75. The van der Waals surface area contributed by atoms with E-state index in [1.54, 1.807) is 0 Å². The Balaban J connectivity index is 1.96. The lowest BCUT2D eigenvalue weighted by molar-refractivity contribution is 0.583. The first kappa shape index (κ1) is 23.6. The number of hydrogen-bond donors (Lipinski definition) is 0. The van der Waals surface area contributed by atoms with Gasteiger partial charge in [-0.1, -0.05) is 90.1 Å². The van der Waals surface area contributed by atoms with Crippen LogP contribution in [-0.2, 0) is 15.4 Å². The number of aromatic nitrogens is 1. The van der Waals surface area contributed by atoms with Crippen molar-refractivity contribution in [2.75, 3.05) is 0 Å². The van der Waals surface area contributed by atoms with Crippen molar-refractivity contribution in [2.45, 2.75) is 52.4 Å². The van der Waals surface area contributed by atoms with Crippen molar-refractivity contribution >= 4 is 39.7 Å². The lowest BCUT2D eigenvalue weighted by Gasteiger charge is -2.24. The fraction of sp³-hybridized carbons (Fsp3) is 0.250. The average Bonchev–Trinajstić information content (AvgIpc) is 3.17. The zero-order valence-electron chi connectivity index (χ0n) is 21.5. The smallest absolute Gasteiger partial charge is 0.234 e. The highest BCUT2D eigenvalue weighted by atomic mass is 31.2. The number of rotatable bonds is 3. The van der Waals surface area contributed by atoms with E-state index in [0.29, 0.717) is 0 Å². The van der Waals surface area contributed by atoms with Crippen LogP contribution < -0.4 is 10.6 Å². The Morgan fingerprint density at radius 3 is 1.26 bits per heavy atom. The van der Waals surface area contributed by atoms with Crippen LogP contribution >= 0.6 is 7.29 Å². The van der Waals surface area contributed by atoms with Crippen molar-refractivity contribution in [3.8, 4) is 0 Å². The van der Waals surface area contributed by atoms with Gasteiger partial charge >= 0.3 is 0 Å². The van der Waals surface area contributed by atoms with E-state index >= 15 is 4.57 Å². The molecular weight excluding hydrogens is 445 g/mol. The number of fused-ring (bicyclic) bond motifs is 3. The maximum Gasteiger partial charge on any atom is 0.234 e. The maximum atomic E-state index is 15.4. The molecule has 0 bridgehead atoms. The summed E-state index contributed by atoms with van der Waals surface area (Å²) in [6.07, 6.45) is 0. The zero-order valence-corrected chi connectivity index (χ0v) is 22.4. The van der Waals surface area contributed by atoms with Gasteiger partial charge in [0.05, 0.1) is 11.0 Å². The summed E-state index contributed by atoms with van der Waals surface area (Å²) in [6.45, 7) is 13.5. The van der Waals surface area contributed by atoms with Crippen molar-refractivity contribution in [3.63, 3.8) is 0 Å². The van der Waals surface area contributed by atoms with Crippen LogP contribution in [0.25, 0.3) is 21.8 Å². The fourth-order valence-electron chi connectivity index (χ4n) is 4.88. The molecule has 1 aromatic heterocycles. The molecule has 0 aliphatic heterocycles. The van der Waals surface area contributed by atoms with Gasteiger partial charge in [-0.25, -0.2) is 0 Å². The molecule has 0 saturated heterocycles. The Hall–Kier alpha value is -3.09. The number of nitrogens with zero attached hydrogens (tertiary/aromatic N) is 1. The van der Waals surface area contributed by atoms with Crippen LogP contribution in [0.3, 0.4) is 0 Å². The first-order valence-electron chi connectivity index (χ1n) is 12.3. The molecular formula is C32H34NOP. The van der Waals surface area contributed by atoms with Gasteiger partial charge in [0.1, 0.15) is 0 Å². The lowest BCUT2D eigenvalue weighted by atomic mass is 9.85. The van der Waals surface area contributed by atoms with E-state index < -0.39 is 7.29 Å². The Morgan fingerprint density at radius 1 is 0.543 bits per heavy atom. The third-order valence-corrected chi connectivity index (χ3v) is 9.96. The molecule has 0 N–H and O–H groups in total. The summed E-state index contributed by atoms with van der Waals surface area (Å²) in [6, 6.07) is 33.2. The van der Waals surface area contributed by atoms with Gasteiger partial charge in [-0.3, -0.25) is 8.90 Å². The van der Waals surface area contributed by atoms with Crippen molar-refractivity contribution in [1.82, 2.24) is 4.34 Å². The summed E-state index contributed by atoms with van der Waals surface area (Å²) in [7, 11) is -3.21. The summed E-state index contributed by atoms with van der Waals surface area (Å²) in [5.74, 6) is 0. The van der Waals surface area contributed by atoms with Gasteiger partial charge in [-0.2, -0.15) is 0 Å². The summed E-state index contributed by atoms with van der Waals surface area (Å²) >= 11 is 0. The highest BCUT2D eigenvalue weighted by Gasteiger charge is 2.33. The molecule has 0 aliphatic rings. The molecule has 0 saturated carbocycles. The van der Waals surface area contributed by atoms with Gasteiger partial charge in [0.2, 0.25) is 7.29 Å². The van der Waals surface area contributed by atoms with Gasteiger partial charge in [-0.15, -0.1) is 0 Å². The third-order valence-electron chi connectivity index (χ3n) is 6.97. The predicted octanol–water partition coefficient (Wildman–Crippen LogP) is 8.17. The summed E-state index contributed by atoms with van der Waals surface area (Å²) in [5, 5.41) is 3.99. The molecule has 0 radical (unpaired) electrons. The van der Waals surface area contributed by atoms with Gasteiger partial charge in [0.25, 0.3) is 0 Å². The normalized spacial score (nSPS) is 13.0. The third kappa shape index (κ3) is 3.95. The maximum absolute atomic E-state index is 15.4. The number of benzene rings is 4.